The Kier molecular flexibility index (Phi) is 3.50. The van der Waals surface area contributed by atoms with Crippen LogP contribution >= 0.6 is 0 Å². The van der Waals surface area contributed by atoms with Gasteiger partial charge in [-0.05, 0) is 55.7 Å². The van der Waals surface area contributed by atoms with Crippen molar-refractivity contribution in [2.75, 3.05) is 12.3 Å². The fourth-order valence-corrected chi connectivity index (χ4v) is 2.93. The van der Waals surface area contributed by atoms with Crippen LogP contribution in [-0.2, 0) is 6.42 Å². The monoisotopic (exact) mass is 283 g/mol. The van der Waals surface area contributed by atoms with E-state index in [1.54, 1.807) is 0 Å². The number of nitrogens with two attached hydrogens (primary N) is 1. The molecule has 1 aliphatic rings. The van der Waals surface area contributed by atoms with Gasteiger partial charge in [-0.25, -0.2) is 0 Å². The minimum absolute atomic E-state index is 0.0816. The smallest absolute Gasteiger partial charge is 0.137 e. The van der Waals surface area contributed by atoms with Crippen molar-refractivity contribution in [3.8, 4) is 11.5 Å². The highest BCUT2D eigenvalue weighted by molar-refractivity contribution is 5.52. The first-order valence-electron chi connectivity index (χ1n) is 7.28. The third-order valence-corrected chi connectivity index (χ3v) is 3.85. The van der Waals surface area contributed by atoms with Crippen LogP contribution < -0.4 is 15.2 Å². The Hall–Kier alpha value is -2.16. The van der Waals surface area contributed by atoms with Crippen molar-refractivity contribution in [3.05, 3.63) is 52.6 Å². The van der Waals surface area contributed by atoms with E-state index in [9.17, 15) is 0 Å². The van der Waals surface area contributed by atoms with Crippen molar-refractivity contribution in [2.45, 2.75) is 33.3 Å². The van der Waals surface area contributed by atoms with E-state index in [0.717, 1.165) is 34.7 Å². The van der Waals surface area contributed by atoms with E-state index in [1.165, 1.54) is 11.1 Å². The highest BCUT2D eigenvalue weighted by Crippen LogP contribution is 2.31. The van der Waals surface area contributed by atoms with E-state index in [1.807, 2.05) is 32.0 Å². The van der Waals surface area contributed by atoms with Crippen LogP contribution in [0.25, 0.3) is 0 Å². The van der Waals surface area contributed by atoms with Crippen LogP contribution in [-0.4, -0.2) is 12.7 Å². The fourth-order valence-electron chi connectivity index (χ4n) is 2.93. The molecule has 3 nitrogen and oxygen atoms in total. The van der Waals surface area contributed by atoms with Crippen molar-refractivity contribution in [2.24, 2.45) is 0 Å². The molecular weight excluding hydrogens is 262 g/mol. The van der Waals surface area contributed by atoms with Crippen LogP contribution in [0, 0.1) is 20.8 Å². The lowest BCUT2D eigenvalue weighted by atomic mass is 10.1. The van der Waals surface area contributed by atoms with E-state index in [4.69, 9.17) is 15.2 Å². The van der Waals surface area contributed by atoms with Crippen LogP contribution in [0.15, 0.2) is 30.3 Å². The Bertz CT molecular complexity index is 656. The molecule has 2 aromatic carbocycles. The molecule has 0 saturated carbocycles. The number of fused-ring (bicyclic) bond motifs is 1. The second-order valence-corrected chi connectivity index (χ2v) is 5.85. The number of nitrogen functional groups attached to an aromatic ring is 1. The van der Waals surface area contributed by atoms with E-state index in [2.05, 4.69) is 19.1 Å². The molecule has 0 saturated heterocycles. The van der Waals surface area contributed by atoms with Crippen LogP contribution in [0.3, 0.4) is 0 Å². The summed E-state index contributed by atoms with van der Waals surface area (Å²) in [5.41, 5.74) is 11.3. The van der Waals surface area contributed by atoms with Gasteiger partial charge >= 0.3 is 0 Å². The van der Waals surface area contributed by atoms with Gasteiger partial charge in [-0.1, -0.05) is 17.7 Å². The lowest BCUT2D eigenvalue weighted by Gasteiger charge is -2.16. The molecule has 0 spiro atoms. The summed E-state index contributed by atoms with van der Waals surface area (Å²) in [4.78, 5) is 0. The van der Waals surface area contributed by atoms with E-state index in [0.29, 0.717) is 6.61 Å². The number of hydrogen-bond donors (Lipinski definition) is 1. The Labute approximate surface area is 125 Å². The van der Waals surface area contributed by atoms with Gasteiger partial charge in [0.2, 0.25) is 0 Å². The maximum Gasteiger partial charge on any atom is 0.137 e. The van der Waals surface area contributed by atoms with Gasteiger partial charge in [-0.15, -0.1) is 0 Å². The zero-order chi connectivity index (χ0) is 15.0. The van der Waals surface area contributed by atoms with Crippen LogP contribution in [0.2, 0.25) is 0 Å². The van der Waals surface area contributed by atoms with Gasteiger partial charge in [-0.2, -0.15) is 0 Å². The molecule has 1 unspecified atom stereocenters. The number of ether oxygens (including phenoxy) is 2. The molecule has 2 N–H and O–H groups in total. The molecule has 0 radical (unpaired) electrons. The van der Waals surface area contributed by atoms with Crippen molar-refractivity contribution in [1.82, 2.24) is 0 Å². The third-order valence-electron chi connectivity index (χ3n) is 3.85. The molecule has 3 heteroatoms. The van der Waals surface area contributed by atoms with Gasteiger partial charge in [0, 0.05) is 12.1 Å². The standard InChI is InChI=1S/C18H21NO2/c1-11-4-5-17-14(6-11)9-16(21-17)10-20-18-12(2)7-15(19)8-13(18)3/h4-8,16H,9-10,19H2,1-3H3. The minimum Gasteiger partial charge on any atom is -0.489 e. The molecule has 1 atom stereocenters. The molecule has 0 amide bonds. The topological polar surface area (TPSA) is 44.5 Å². The molecule has 21 heavy (non-hydrogen) atoms. The van der Waals surface area contributed by atoms with Gasteiger partial charge in [0.15, 0.2) is 0 Å². The molecule has 1 aliphatic heterocycles. The molecule has 110 valence electrons. The Morgan fingerprint density at radius 2 is 1.86 bits per heavy atom. The molecule has 0 fully saturated rings. The van der Waals surface area contributed by atoms with Crippen molar-refractivity contribution in [3.63, 3.8) is 0 Å². The predicted octanol–water partition coefficient (Wildman–Crippen LogP) is 3.58. The maximum atomic E-state index is 5.99. The van der Waals surface area contributed by atoms with Gasteiger partial charge < -0.3 is 15.2 Å². The van der Waals surface area contributed by atoms with Crippen LogP contribution in [0.4, 0.5) is 5.69 Å². The summed E-state index contributed by atoms with van der Waals surface area (Å²) in [6.45, 7) is 6.70. The highest BCUT2D eigenvalue weighted by Gasteiger charge is 2.23. The lowest BCUT2D eigenvalue weighted by Crippen LogP contribution is -2.22. The Morgan fingerprint density at radius 3 is 2.57 bits per heavy atom. The minimum atomic E-state index is 0.0816. The van der Waals surface area contributed by atoms with E-state index < -0.39 is 0 Å². The first kappa shape index (κ1) is 13.8. The second kappa shape index (κ2) is 5.32. The van der Waals surface area contributed by atoms with Crippen molar-refractivity contribution >= 4 is 5.69 Å². The lowest BCUT2D eigenvalue weighted by molar-refractivity contribution is 0.147. The molecule has 0 aliphatic carbocycles. The summed E-state index contributed by atoms with van der Waals surface area (Å²) < 4.78 is 11.9. The molecule has 0 aromatic heterocycles. The van der Waals surface area contributed by atoms with Gasteiger partial charge in [0.05, 0.1) is 0 Å². The molecular formula is C18H21NO2. The largest absolute Gasteiger partial charge is 0.489 e. The number of aryl methyl sites for hydroxylation is 3. The summed E-state index contributed by atoms with van der Waals surface area (Å²) in [5.74, 6) is 1.90. The molecule has 3 rings (SSSR count). The van der Waals surface area contributed by atoms with Gasteiger partial charge in [-0.3, -0.25) is 0 Å². The first-order chi connectivity index (χ1) is 10.0. The Morgan fingerprint density at radius 1 is 1.14 bits per heavy atom. The quantitative estimate of drug-likeness (QED) is 0.876. The number of anilines is 1. The fraction of sp³-hybridized carbons (Fsp3) is 0.333. The van der Waals surface area contributed by atoms with Gasteiger partial charge in [0.25, 0.3) is 0 Å². The van der Waals surface area contributed by atoms with E-state index in [-0.39, 0.29) is 6.10 Å². The zero-order valence-corrected chi connectivity index (χ0v) is 12.8. The molecule has 1 heterocycles. The third kappa shape index (κ3) is 2.82. The number of rotatable bonds is 3. The van der Waals surface area contributed by atoms with Crippen LogP contribution in [0.5, 0.6) is 11.5 Å². The van der Waals surface area contributed by atoms with Crippen molar-refractivity contribution < 1.29 is 9.47 Å². The Balaban J connectivity index is 1.68. The summed E-state index contributed by atoms with van der Waals surface area (Å²) in [5, 5.41) is 0. The second-order valence-electron chi connectivity index (χ2n) is 5.85. The highest BCUT2D eigenvalue weighted by atomic mass is 16.5. The molecule has 0 bridgehead atoms. The summed E-state index contributed by atoms with van der Waals surface area (Å²) in [7, 11) is 0. The van der Waals surface area contributed by atoms with Crippen LogP contribution in [0.1, 0.15) is 22.3 Å². The first-order valence-corrected chi connectivity index (χ1v) is 7.28. The normalized spacial score (nSPS) is 16.4. The number of hydrogen-bond acceptors (Lipinski definition) is 3. The summed E-state index contributed by atoms with van der Waals surface area (Å²) >= 11 is 0. The summed E-state index contributed by atoms with van der Waals surface area (Å²) in [6, 6.07) is 10.2. The van der Waals surface area contributed by atoms with Crippen molar-refractivity contribution in [1.29, 1.82) is 0 Å². The SMILES string of the molecule is Cc1ccc2c(c1)CC(COc1c(C)cc(N)cc1C)O2. The average molecular weight is 283 g/mol. The summed E-state index contributed by atoms with van der Waals surface area (Å²) in [6.07, 6.45) is 0.988. The molecule has 2 aromatic rings. The van der Waals surface area contributed by atoms with E-state index >= 15 is 0 Å². The zero-order valence-electron chi connectivity index (χ0n) is 12.8. The average Bonchev–Trinajstić information content (AvgIpc) is 2.79. The predicted molar refractivity (Wildman–Crippen MR) is 85.1 cm³/mol. The maximum absolute atomic E-state index is 5.99. The van der Waals surface area contributed by atoms with Gasteiger partial charge in [0.1, 0.15) is 24.2 Å². The number of benzene rings is 2.